The third-order valence-electron chi connectivity index (χ3n) is 3.34. The molecule has 1 aromatic carbocycles. The first-order chi connectivity index (χ1) is 10.3. The Kier molecular flexibility index (Phi) is 4.22. The van der Waals surface area contributed by atoms with Gasteiger partial charge in [0.15, 0.2) is 0 Å². The zero-order chi connectivity index (χ0) is 14.7. The van der Waals surface area contributed by atoms with Gasteiger partial charge in [-0.25, -0.2) is 0 Å². The molecular weight excluding hydrogens is 282 g/mol. The van der Waals surface area contributed by atoms with Gasteiger partial charge in [0.25, 0.3) is 0 Å². The lowest BCUT2D eigenvalue weighted by Crippen LogP contribution is -2.27. The van der Waals surface area contributed by atoms with Gasteiger partial charge >= 0.3 is 0 Å². The normalized spacial score (nSPS) is 16.6. The molecule has 0 bridgehead atoms. The monoisotopic (exact) mass is 299 g/mol. The average molecular weight is 299 g/mol. The Bertz CT molecular complexity index is 645. The molecule has 1 aromatic heterocycles. The maximum absolute atomic E-state index is 12.0. The van der Waals surface area contributed by atoms with Crippen molar-refractivity contribution in [1.29, 1.82) is 0 Å². The summed E-state index contributed by atoms with van der Waals surface area (Å²) in [6.45, 7) is 2.93. The second-order valence-electron chi connectivity index (χ2n) is 4.91. The van der Waals surface area contributed by atoms with E-state index in [2.05, 4.69) is 28.6 Å². The van der Waals surface area contributed by atoms with Crippen LogP contribution in [0.3, 0.4) is 0 Å². The van der Waals surface area contributed by atoms with E-state index in [9.17, 15) is 4.79 Å². The van der Waals surface area contributed by atoms with Gasteiger partial charge in [-0.15, -0.1) is 0 Å². The van der Waals surface area contributed by atoms with Crippen molar-refractivity contribution in [2.24, 2.45) is 0 Å². The van der Waals surface area contributed by atoms with E-state index in [4.69, 9.17) is 0 Å². The standard InChI is InChI=1S/C16H17N3OS/c1-2-7-18-15-13-4-3-12(10-14(13)19-16(15)20)21-11-5-8-17-9-6-11/h3-6,8-10,15,18H,2,7H2,1H3,(H,19,20). The number of hydrogen-bond donors (Lipinski definition) is 2. The van der Waals surface area contributed by atoms with E-state index in [1.165, 1.54) is 0 Å². The van der Waals surface area contributed by atoms with E-state index in [-0.39, 0.29) is 11.9 Å². The maximum Gasteiger partial charge on any atom is 0.246 e. The van der Waals surface area contributed by atoms with Gasteiger partial charge in [0.2, 0.25) is 5.91 Å². The van der Waals surface area contributed by atoms with Crippen LogP contribution in [0, 0.1) is 0 Å². The van der Waals surface area contributed by atoms with Gasteiger partial charge in [0.05, 0.1) is 0 Å². The van der Waals surface area contributed by atoms with Gasteiger partial charge in [-0.3, -0.25) is 9.78 Å². The van der Waals surface area contributed by atoms with E-state index in [0.29, 0.717) is 0 Å². The van der Waals surface area contributed by atoms with Crippen LogP contribution >= 0.6 is 11.8 Å². The minimum Gasteiger partial charge on any atom is -0.324 e. The van der Waals surface area contributed by atoms with Crippen molar-refractivity contribution in [2.75, 3.05) is 11.9 Å². The molecule has 1 aliphatic rings. The predicted octanol–water partition coefficient (Wildman–Crippen LogP) is 3.23. The molecule has 5 heteroatoms. The van der Waals surface area contributed by atoms with Crippen LogP contribution in [0.2, 0.25) is 0 Å². The van der Waals surface area contributed by atoms with Crippen LogP contribution in [0.5, 0.6) is 0 Å². The SMILES string of the molecule is CCCNC1C(=O)Nc2cc(Sc3ccncc3)ccc21. The second kappa shape index (κ2) is 6.28. The smallest absolute Gasteiger partial charge is 0.246 e. The quantitative estimate of drug-likeness (QED) is 0.890. The zero-order valence-corrected chi connectivity index (χ0v) is 12.6. The second-order valence-corrected chi connectivity index (χ2v) is 6.06. The molecule has 0 saturated heterocycles. The number of carbonyl (C=O) groups is 1. The van der Waals surface area contributed by atoms with Crippen LogP contribution in [0.15, 0.2) is 52.5 Å². The molecule has 0 aliphatic carbocycles. The summed E-state index contributed by atoms with van der Waals surface area (Å²) >= 11 is 1.66. The molecule has 1 atom stereocenters. The Morgan fingerprint density at radius 2 is 2.05 bits per heavy atom. The third kappa shape index (κ3) is 3.09. The Hall–Kier alpha value is -1.85. The lowest BCUT2D eigenvalue weighted by atomic mass is 10.1. The Morgan fingerprint density at radius 1 is 1.24 bits per heavy atom. The van der Waals surface area contributed by atoms with E-state index in [1.807, 2.05) is 24.3 Å². The number of hydrogen-bond acceptors (Lipinski definition) is 4. The van der Waals surface area contributed by atoms with E-state index in [0.717, 1.165) is 34.0 Å². The topological polar surface area (TPSA) is 54.0 Å². The van der Waals surface area contributed by atoms with Gasteiger partial charge < -0.3 is 10.6 Å². The fourth-order valence-electron chi connectivity index (χ4n) is 2.34. The van der Waals surface area contributed by atoms with Crippen molar-refractivity contribution in [1.82, 2.24) is 10.3 Å². The van der Waals surface area contributed by atoms with E-state index >= 15 is 0 Å². The highest BCUT2D eigenvalue weighted by molar-refractivity contribution is 7.99. The van der Waals surface area contributed by atoms with Gasteiger partial charge in [-0.2, -0.15) is 0 Å². The van der Waals surface area contributed by atoms with Crippen molar-refractivity contribution in [3.8, 4) is 0 Å². The molecule has 0 fully saturated rings. The van der Waals surface area contributed by atoms with Gasteiger partial charge in [0, 0.05) is 33.4 Å². The number of carbonyl (C=O) groups excluding carboxylic acids is 1. The first-order valence-corrected chi connectivity index (χ1v) is 7.85. The average Bonchev–Trinajstić information content (AvgIpc) is 2.81. The molecule has 4 nitrogen and oxygen atoms in total. The number of anilines is 1. The van der Waals surface area contributed by atoms with Crippen LogP contribution < -0.4 is 10.6 Å². The summed E-state index contributed by atoms with van der Waals surface area (Å²) in [5.41, 5.74) is 1.94. The lowest BCUT2D eigenvalue weighted by Gasteiger charge is -2.10. The summed E-state index contributed by atoms with van der Waals surface area (Å²) in [6, 6.07) is 9.85. The molecule has 2 N–H and O–H groups in total. The molecule has 2 aromatic rings. The minimum absolute atomic E-state index is 0.0320. The molecule has 1 aliphatic heterocycles. The van der Waals surface area contributed by atoms with E-state index in [1.54, 1.807) is 24.2 Å². The number of benzene rings is 1. The highest BCUT2D eigenvalue weighted by Gasteiger charge is 2.29. The number of aromatic nitrogens is 1. The third-order valence-corrected chi connectivity index (χ3v) is 4.34. The number of fused-ring (bicyclic) bond motifs is 1. The fourth-order valence-corrected chi connectivity index (χ4v) is 3.18. The number of nitrogens with zero attached hydrogens (tertiary/aromatic N) is 1. The van der Waals surface area contributed by atoms with E-state index < -0.39 is 0 Å². The van der Waals surface area contributed by atoms with Crippen molar-refractivity contribution in [3.05, 3.63) is 48.3 Å². The highest BCUT2D eigenvalue weighted by Crippen LogP contribution is 2.36. The number of nitrogens with one attached hydrogen (secondary N) is 2. The molecular formula is C16H17N3OS. The van der Waals surface area contributed by atoms with Crippen LogP contribution in [0.4, 0.5) is 5.69 Å². The molecule has 0 radical (unpaired) electrons. The van der Waals surface area contributed by atoms with Crippen molar-refractivity contribution >= 4 is 23.4 Å². The van der Waals surface area contributed by atoms with Crippen molar-refractivity contribution in [3.63, 3.8) is 0 Å². The molecule has 2 heterocycles. The molecule has 3 rings (SSSR count). The Labute approximate surface area is 128 Å². The van der Waals surface area contributed by atoms with Crippen LogP contribution in [0.25, 0.3) is 0 Å². The Morgan fingerprint density at radius 3 is 2.81 bits per heavy atom. The summed E-state index contributed by atoms with van der Waals surface area (Å²) in [6.07, 6.45) is 4.57. The van der Waals surface area contributed by atoms with Crippen LogP contribution in [0.1, 0.15) is 24.9 Å². The predicted molar refractivity (Wildman–Crippen MR) is 84.5 cm³/mol. The molecule has 1 unspecified atom stereocenters. The summed E-state index contributed by atoms with van der Waals surface area (Å²) in [5, 5.41) is 6.23. The fraction of sp³-hybridized carbons (Fsp3) is 0.250. The largest absolute Gasteiger partial charge is 0.324 e. The van der Waals surface area contributed by atoms with Crippen LogP contribution in [-0.2, 0) is 4.79 Å². The highest BCUT2D eigenvalue weighted by atomic mass is 32.2. The first-order valence-electron chi connectivity index (χ1n) is 7.04. The molecule has 0 saturated carbocycles. The minimum atomic E-state index is -0.222. The summed E-state index contributed by atoms with van der Waals surface area (Å²) in [4.78, 5) is 18.3. The van der Waals surface area contributed by atoms with Crippen molar-refractivity contribution < 1.29 is 4.79 Å². The maximum atomic E-state index is 12.0. The number of amides is 1. The summed E-state index contributed by atoms with van der Waals surface area (Å²) in [7, 11) is 0. The number of pyridine rings is 1. The van der Waals surface area contributed by atoms with Gasteiger partial charge in [0.1, 0.15) is 6.04 Å². The Balaban J connectivity index is 1.80. The molecule has 0 spiro atoms. The van der Waals surface area contributed by atoms with Gasteiger partial charge in [-0.05, 0) is 37.2 Å². The molecule has 108 valence electrons. The summed E-state index contributed by atoms with van der Waals surface area (Å²) < 4.78 is 0. The van der Waals surface area contributed by atoms with Crippen molar-refractivity contribution in [2.45, 2.75) is 29.2 Å². The zero-order valence-electron chi connectivity index (χ0n) is 11.8. The first kappa shape index (κ1) is 14.1. The molecule has 21 heavy (non-hydrogen) atoms. The lowest BCUT2D eigenvalue weighted by molar-refractivity contribution is -0.117. The number of rotatable bonds is 5. The van der Waals surface area contributed by atoms with Gasteiger partial charge in [-0.1, -0.05) is 24.8 Å². The molecule has 1 amide bonds. The summed E-state index contributed by atoms with van der Waals surface area (Å²) in [5.74, 6) is 0.0320. The van der Waals surface area contributed by atoms with Crippen LogP contribution in [-0.4, -0.2) is 17.4 Å².